The van der Waals surface area contributed by atoms with Crippen LogP contribution in [0.5, 0.6) is 0 Å². The average molecular weight is 469 g/mol. The van der Waals surface area contributed by atoms with Crippen molar-refractivity contribution in [2.45, 2.75) is 57.6 Å². The van der Waals surface area contributed by atoms with Gasteiger partial charge in [0.15, 0.2) is 0 Å². The predicted octanol–water partition coefficient (Wildman–Crippen LogP) is 4.91. The maximum atomic E-state index is 13.4. The predicted molar refractivity (Wildman–Crippen MR) is 124 cm³/mol. The summed E-state index contributed by atoms with van der Waals surface area (Å²) in [6, 6.07) is 10.6. The lowest BCUT2D eigenvalue weighted by molar-refractivity contribution is -0.385. The molecule has 2 aromatic carbocycles. The van der Waals surface area contributed by atoms with Crippen LogP contribution in [0.15, 0.2) is 48.5 Å². The first-order valence-corrected chi connectivity index (χ1v) is 11.3. The minimum Gasteiger partial charge on any atom is -0.457 e. The van der Waals surface area contributed by atoms with Crippen molar-refractivity contribution in [1.82, 2.24) is 4.90 Å². The van der Waals surface area contributed by atoms with Crippen molar-refractivity contribution < 1.29 is 24.2 Å². The first-order valence-electron chi connectivity index (χ1n) is 11.3. The Balaban J connectivity index is 1.76. The van der Waals surface area contributed by atoms with Gasteiger partial charge >= 0.3 is 5.97 Å². The molecular formula is C24H27N3O7. The third kappa shape index (κ3) is 6.15. The second-order valence-electron chi connectivity index (χ2n) is 8.29. The maximum Gasteiger partial charge on any atom is 0.338 e. The molecule has 0 spiro atoms. The molecule has 0 N–H and O–H groups in total. The second-order valence-corrected chi connectivity index (χ2v) is 8.29. The summed E-state index contributed by atoms with van der Waals surface area (Å²) in [5.41, 5.74) is 0.313. The van der Waals surface area contributed by atoms with Gasteiger partial charge < -0.3 is 9.64 Å². The molecule has 0 aromatic heterocycles. The van der Waals surface area contributed by atoms with Crippen molar-refractivity contribution in [3.8, 4) is 0 Å². The Bertz CT molecular complexity index is 1030. The zero-order valence-electron chi connectivity index (χ0n) is 18.9. The van der Waals surface area contributed by atoms with E-state index in [2.05, 4.69) is 0 Å². The fourth-order valence-electron chi connectivity index (χ4n) is 4.09. The van der Waals surface area contributed by atoms with E-state index in [0.29, 0.717) is 12.0 Å². The number of hydrogen-bond acceptors (Lipinski definition) is 7. The van der Waals surface area contributed by atoms with Crippen LogP contribution in [-0.4, -0.2) is 45.3 Å². The van der Waals surface area contributed by atoms with E-state index >= 15 is 0 Å². The smallest absolute Gasteiger partial charge is 0.338 e. The number of amides is 1. The SMILES string of the molecule is CC[C@H](CN(C(=O)c1ccc([N+](=O)[O-])cc1)C1CCCCC1)OC(=O)c1ccc([N+](=O)[O-])cc1. The first kappa shape index (κ1) is 24.8. The molecule has 34 heavy (non-hydrogen) atoms. The van der Waals surface area contributed by atoms with Gasteiger partial charge in [0.2, 0.25) is 0 Å². The minimum absolute atomic E-state index is 0.0106. The molecule has 1 aliphatic rings. The number of benzene rings is 2. The van der Waals surface area contributed by atoms with Gasteiger partial charge in [0, 0.05) is 35.9 Å². The van der Waals surface area contributed by atoms with Crippen LogP contribution in [0, 0.1) is 20.2 Å². The lowest BCUT2D eigenvalue weighted by Crippen LogP contribution is -2.46. The molecule has 0 radical (unpaired) electrons. The summed E-state index contributed by atoms with van der Waals surface area (Å²) in [5, 5.41) is 21.8. The van der Waals surface area contributed by atoms with Crippen molar-refractivity contribution in [3.63, 3.8) is 0 Å². The Morgan fingerprint density at radius 3 is 1.88 bits per heavy atom. The number of hydrogen-bond donors (Lipinski definition) is 0. The molecule has 1 amide bonds. The van der Waals surface area contributed by atoms with Crippen LogP contribution in [0.25, 0.3) is 0 Å². The van der Waals surface area contributed by atoms with Gasteiger partial charge in [-0.15, -0.1) is 0 Å². The van der Waals surface area contributed by atoms with Gasteiger partial charge in [-0.1, -0.05) is 26.2 Å². The molecule has 180 valence electrons. The Morgan fingerprint density at radius 1 is 0.912 bits per heavy atom. The Morgan fingerprint density at radius 2 is 1.41 bits per heavy atom. The van der Waals surface area contributed by atoms with E-state index in [4.69, 9.17) is 4.74 Å². The number of nitrogens with zero attached hydrogens (tertiary/aromatic N) is 3. The number of rotatable bonds is 9. The summed E-state index contributed by atoms with van der Waals surface area (Å²) in [6.45, 7) is 2.04. The standard InChI is InChI=1S/C24H27N3O7/c1-2-22(34-24(29)18-10-14-21(15-11-18)27(32)33)16-25(19-6-4-3-5-7-19)23(28)17-8-12-20(13-9-17)26(30)31/h8-15,19,22H,2-7,16H2,1H3/t22-/m1/s1. The van der Waals surface area contributed by atoms with Crippen LogP contribution in [0.1, 0.15) is 66.2 Å². The fourth-order valence-corrected chi connectivity index (χ4v) is 4.09. The van der Waals surface area contributed by atoms with Gasteiger partial charge in [-0.3, -0.25) is 25.0 Å². The molecule has 2 aromatic rings. The van der Waals surface area contributed by atoms with Crippen LogP contribution >= 0.6 is 0 Å². The molecule has 1 saturated carbocycles. The summed E-state index contributed by atoms with van der Waals surface area (Å²) in [6.07, 6.45) is 4.66. The number of esters is 1. The zero-order valence-corrected chi connectivity index (χ0v) is 18.9. The van der Waals surface area contributed by atoms with E-state index < -0.39 is 21.9 Å². The summed E-state index contributed by atoms with van der Waals surface area (Å²) in [7, 11) is 0. The molecule has 0 unspecified atom stereocenters. The molecule has 0 saturated heterocycles. The topological polar surface area (TPSA) is 133 Å². The number of nitro benzene ring substituents is 2. The molecule has 1 aliphatic carbocycles. The highest BCUT2D eigenvalue weighted by atomic mass is 16.6. The molecular weight excluding hydrogens is 442 g/mol. The van der Waals surface area contributed by atoms with Gasteiger partial charge in [0.25, 0.3) is 17.3 Å². The minimum atomic E-state index is -0.617. The normalized spacial score (nSPS) is 14.7. The summed E-state index contributed by atoms with van der Waals surface area (Å²) >= 11 is 0. The molecule has 0 bridgehead atoms. The summed E-state index contributed by atoms with van der Waals surface area (Å²) in [5.74, 6) is -0.875. The molecule has 3 rings (SSSR count). The van der Waals surface area contributed by atoms with Crippen LogP contribution in [0.3, 0.4) is 0 Å². The number of ether oxygens (including phenoxy) is 1. The van der Waals surface area contributed by atoms with E-state index in [-0.39, 0.29) is 35.4 Å². The van der Waals surface area contributed by atoms with Crippen LogP contribution < -0.4 is 0 Å². The lowest BCUT2D eigenvalue weighted by Gasteiger charge is -2.36. The molecule has 1 atom stereocenters. The average Bonchev–Trinajstić information content (AvgIpc) is 2.86. The van der Waals surface area contributed by atoms with E-state index in [0.717, 1.165) is 32.1 Å². The molecule has 1 fully saturated rings. The van der Waals surface area contributed by atoms with E-state index in [1.807, 2.05) is 6.92 Å². The number of nitro groups is 2. The zero-order chi connectivity index (χ0) is 24.7. The van der Waals surface area contributed by atoms with Crippen molar-refractivity contribution in [2.24, 2.45) is 0 Å². The third-order valence-corrected chi connectivity index (χ3v) is 6.04. The highest BCUT2D eigenvalue weighted by Crippen LogP contribution is 2.26. The highest BCUT2D eigenvalue weighted by molar-refractivity contribution is 5.95. The largest absolute Gasteiger partial charge is 0.457 e. The highest BCUT2D eigenvalue weighted by Gasteiger charge is 2.30. The van der Waals surface area contributed by atoms with Crippen LogP contribution in [0.4, 0.5) is 11.4 Å². The lowest BCUT2D eigenvalue weighted by atomic mass is 9.93. The second kappa shape index (κ2) is 11.4. The Labute approximate surface area is 196 Å². The van der Waals surface area contributed by atoms with Crippen LogP contribution in [-0.2, 0) is 4.74 Å². The molecule has 10 heteroatoms. The summed E-state index contributed by atoms with van der Waals surface area (Å²) < 4.78 is 5.65. The van der Waals surface area contributed by atoms with Crippen molar-refractivity contribution >= 4 is 23.3 Å². The summed E-state index contributed by atoms with van der Waals surface area (Å²) in [4.78, 5) is 48.5. The van der Waals surface area contributed by atoms with Crippen molar-refractivity contribution in [2.75, 3.05) is 6.54 Å². The first-order chi connectivity index (χ1) is 16.3. The van der Waals surface area contributed by atoms with Gasteiger partial charge in [0.05, 0.1) is 22.0 Å². The van der Waals surface area contributed by atoms with Crippen LogP contribution in [0.2, 0.25) is 0 Å². The van der Waals surface area contributed by atoms with E-state index in [1.54, 1.807) is 4.90 Å². The Hall–Kier alpha value is -3.82. The van der Waals surface area contributed by atoms with Gasteiger partial charge in [0.1, 0.15) is 6.10 Å². The molecule has 0 heterocycles. The van der Waals surface area contributed by atoms with Gasteiger partial charge in [-0.05, 0) is 43.5 Å². The van der Waals surface area contributed by atoms with Crippen molar-refractivity contribution in [1.29, 1.82) is 0 Å². The van der Waals surface area contributed by atoms with E-state index in [9.17, 15) is 29.8 Å². The number of carbonyl (C=O) groups is 2. The Kier molecular flexibility index (Phi) is 8.29. The van der Waals surface area contributed by atoms with Gasteiger partial charge in [-0.25, -0.2) is 4.79 Å². The quantitative estimate of drug-likeness (QED) is 0.289. The molecule has 0 aliphatic heterocycles. The van der Waals surface area contributed by atoms with E-state index in [1.165, 1.54) is 48.5 Å². The molecule has 10 nitrogen and oxygen atoms in total. The van der Waals surface area contributed by atoms with Gasteiger partial charge in [-0.2, -0.15) is 0 Å². The number of non-ortho nitro benzene ring substituents is 2. The maximum absolute atomic E-state index is 13.4. The fraction of sp³-hybridized carbons (Fsp3) is 0.417. The number of carbonyl (C=O) groups excluding carboxylic acids is 2. The monoisotopic (exact) mass is 469 g/mol. The van der Waals surface area contributed by atoms with Crippen molar-refractivity contribution in [3.05, 3.63) is 79.9 Å². The third-order valence-electron chi connectivity index (χ3n) is 6.04.